The average Bonchev–Trinajstić information content (AvgIpc) is 3.40. The zero-order chi connectivity index (χ0) is 20.0. The van der Waals surface area contributed by atoms with Gasteiger partial charge in [0.15, 0.2) is 5.82 Å². The number of rotatable bonds is 3. The van der Waals surface area contributed by atoms with Crippen molar-refractivity contribution < 1.29 is 17.9 Å². The smallest absolute Gasteiger partial charge is 0.408 e. The molecule has 1 saturated heterocycles. The summed E-state index contributed by atoms with van der Waals surface area (Å²) in [5.41, 5.74) is 2.29. The Balaban J connectivity index is 1.52. The first-order valence-electron chi connectivity index (χ1n) is 9.52. The predicted molar refractivity (Wildman–Crippen MR) is 99.7 cm³/mol. The van der Waals surface area contributed by atoms with Gasteiger partial charge in [0.25, 0.3) is 0 Å². The minimum absolute atomic E-state index is 0.0963. The molecule has 2 aromatic heterocycles. The first-order chi connectivity index (χ1) is 14.0. The maximum absolute atomic E-state index is 12.8. The minimum atomic E-state index is -4.38. The van der Waals surface area contributed by atoms with Gasteiger partial charge in [-0.2, -0.15) is 18.3 Å². The third-order valence-electron chi connectivity index (χ3n) is 5.22. The maximum Gasteiger partial charge on any atom is 0.408 e. The van der Waals surface area contributed by atoms with Gasteiger partial charge in [-0.05, 0) is 25.0 Å². The number of nitrogens with zero attached hydrogens (tertiary/aromatic N) is 6. The van der Waals surface area contributed by atoms with Crippen molar-refractivity contribution in [2.45, 2.75) is 32.1 Å². The average molecular weight is 404 g/mol. The van der Waals surface area contributed by atoms with Crippen LogP contribution in [0.2, 0.25) is 0 Å². The third kappa shape index (κ3) is 3.43. The summed E-state index contributed by atoms with van der Waals surface area (Å²) < 4.78 is 47.1. The first kappa shape index (κ1) is 18.0. The summed E-state index contributed by atoms with van der Waals surface area (Å²) in [7, 11) is 0. The Morgan fingerprint density at radius 2 is 1.90 bits per heavy atom. The molecule has 0 unspecified atom stereocenters. The summed E-state index contributed by atoms with van der Waals surface area (Å²) in [4.78, 5) is 10.9. The van der Waals surface area contributed by atoms with E-state index in [9.17, 15) is 13.2 Å². The standard InChI is InChI=1S/C19H19F3N6O/c20-19(21,22)11-28-18(23-12-24-28)15-10-27-7-8-29-16-9-13(26-5-1-2-6-26)3-4-14(16)17(27)25-15/h3-4,9-10,12H,1-2,5-8,11H2. The normalized spacial score (nSPS) is 16.3. The summed E-state index contributed by atoms with van der Waals surface area (Å²) in [6, 6.07) is 6.04. The van der Waals surface area contributed by atoms with Gasteiger partial charge in [0.1, 0.15) is 36.7 Å². The van der Waals surface area contributed by atoms with Gasteiger partial charge in [-0.3, -0.25) is 0 Å². The Morgan fingerprint density at radius 1 is 1.07 bits per heavy atom. The predicted octanol–water partition coefficient (Wildman–Crippen LogP) is 3.36. The van der Waals surface area contributed by atoms with Gasteiger partial charge in [0, 0.05) is 31.0 Å². The van der Waals surface area contributed by atoms with Crippen molar-refractivity contribution in [3.05, 3.63) is 30.7 Å². The third-order valence-corrected chi connectivity index (χ3v) is 5.22. The summed E-state index contributed by atoms with van der Waals surface area (Å²) in [5.74, 6) is 1.49. The summed E-state index contributed by atoms with van der Waals surface area (Å²) in [6.07, 6.45) is 0.810. The van der Waals surface area contributed by atoms with Crippen molar-refractivity contribution >= 4 is 5.69 Å². The zero-order valence-corrected chi connectivity index (χ0v) is 15.6. The van der Waals surface area contributed by atoms with Crippen LogP contribution < -0.4 is 9.64 Å². The van der Waals surface area contributed by atoms with Crippen molar-refractivity contribution in [3.8, 4) is 28.7 Å². The molecular weight excluding hydrogens is 385 g/mol. The molecule has 0 saturated carbocycles. The van der Waals surface area contributed by atoms with Crippen molar-refractivity contribution in [1.29, 1.82) is 0 Å². The van der Waals surface area contributed by atoms with Gasteiger partial charge in [-0.25, -0.2) is 14.6 Å². The molecule has 0 bridgehead atoms. The lowest BCUT2D eigenvalue weighted by atomic mass is 10.1. The highest BCUT2D eigenvalue weighted by Gasteiger charge is 2.31. The number of aromatic nitrogens is 5. The van der Waals surface area contributed by atoms with Crippen LogP contribution in [-0.2, 0) is 13.1 Å². The van der Waals surface area contributed by atoms with Crippen LogP contribution in [0.5, 0.6) is 5.75 Å². The Labute approximate surface area is 164 Å². The lowest BCUT2D eigenvalue weighted by Crippen LogP contribution is -2.19. The van der Waals surface area contributed by atoms with Crippen molar-refractivity contribution in [2.75, 3.05) is 24.6 Å². The highest BCUT2D eigenvalue weighted by Crippen LogP contribution is 2.37. The number of halogens is 3. The molecule has 7 nitrogen and oxygen atoms in total. The van der Waals surface area contributed by atoms with Gasteiger partial charge in [0.2, 0.25) is 0 Å². The lowest BCUT2D eigenvalue weighted by Gasteiger charge is -2.19. The molecular formula is C19H19F3N6O. The molecule has 152 valence electrons. The molecule has 0 N–H and O–H groups in total. The van der Waals surface area contributed by atoms with Crippen LogP contribution in [0.25, 0.3) is 22.9 Å². The van der Waals surface area contributed by atoms with Crippen LogP contribution in [-0.4, -0.2) is 50.2 Å². The highest BCUT2D eigenvalue weighted by atomic mass is 19.4. The van der Waals surface area contributed by atoms with Gasteiger partial charge in [0.05, 0.1) is 12.1 Å². The molecule has 29 heavy (non-hydrogen) atoms. The Hall–Kier alpha value is -3.04. The van der Waals surface area contributed by atoms with Gasteiger partial charge >= 0.3 is 6.18 Å². The summed E-state index contributed by atoms with van der Waals surface area (Å²) in [6.45, 7) is 1.86. The van der Waals surface area contributed by atoms with E-state index in [1.165, 1.54) is 12.8 Å². The molecule has 10 heteroatoms. The van der Waals surface area contributed by atoms with E-state index >= 15 is 0 Å². The molecule has 0 spiro atoms. The molecule has 4 heterocycles. The molecule has 0 radical (unpaired) electrons. The first-order valence-corrected chi connectivity index (χ1v) is 9.52. The fraction of sp³-hybridized carbons (Fsp3) is 0.421. The number of ether oxygens (including phenoxy) is 1. The molecule has 3 aromatic rings. The van der Waals surface area contributed by atoms with Crippen LogP contribution in [0.4, 0.5) is 18.9 Å². The fourth-order valence-corrected chi connectivity index (χ4v) is 3.90. The molecule has 1 aromatic carbocycles. The zero-order valence-electron chi connectivity index (χ0n) is 15.6. The topological polar surface area (TPSA) is 61.0 Å². The van der Waals surface area contributed by atoms with Crippen LogP contribution in [0.15, 0.2) is 30.7 Å². The van der Waals surface area contributed by atoms with E-state index < -0.39 is 12.7 Å². The Morgan fingerprint density at radius 3 is 2.69 bits per heavy atom. The fourth-order valence-electron chi connectivity index (χ4n) is 3.90. The van der Waals surface area contributed by atoms with E-state index in [0.717, 1.165) is 41.1 Å². The van der Waals surface area contributed by atoms with E-state index in [0.29, 0.717) is 24.7 Å². The summed E-state index contributed by atoms with van der Waals surface area (Å²) >= 11 is 0. The molecule has 1 fully saturated rings. The second-order valence-electron chi connectivity index (χ2n) is 7.22. The largest absolute Gasteiger partial charge is 0.491 e. The number of hydrogen-bond acceptors (Lipinski definition) is 5. The SMILES string of the molecule is FC(F)(F)Cn1ncnc1-c1cn2c(n1)-c1ccc(N3CCCC3)cc1OCC2. The van der Waals surface area contributed by atoms with Crippen molar-refractivity contribution in [1.82, 2.24) is 24.3 Å². The number of benzene rings is 1. The van der Waals surface area contributed by atoms with Crippen molar-refractivity contribution in [2.24, 2.45) is 0 Å². The molecule has 5 rings (SSSR count). The molecule has 2 aliphatic rings. The highest BCUT2D eigenvalue weighted by molar-refractivity contribution is 5.72. The maximum atomic E-state index is 12.8. The van der Waals surface area contributed by atoms with Crippen LogP contribution >= 0.6 is 0 Å². The second-order valence-corrected chi connectivity index (χ2v) is 7.22. The van der Waals surface area contributed by atoms with Gasteiger partial charge < -0.3 is 14.2 Å². The van der Waals surface area contributed by atoms with E-state index in [1.807, 2.05) is 22.8 Å². The Bertz CT molecular complexity index is 1030. The van der Waals surface area contributed by atoms with E-state index in [4.69, 9.17) is 4.74 Å². The van der Waals surface area contributed by atoms with Crippen LogP contribution in [0.3, 0.4) is 0 Å². The number of alkyl halides is 3. The lowest BCUT2D eigenvalue weighted by molar-refractivity contribution is -0.142. The summed E-state index contributed by atoms with van der Waals surface area (Å²) in [5, 5.41) is 3.71. The van der Waals surface area contributed by atoms with Crippen molar-refractivity contribution in [3.63, 3.8) is 0 Å². The molecule has 0 amide bonds. The molecule has 2 aliphatic heterocycles. The Kier molecular flexibility index (Phi) is 4.21. The molecule has 0 atom stereocenters. The number of fused-ring (bicyclic) bond motifs is 3. The van der Waals surface area contributed by atoms with E-state index in [-0.39, 0.29) is 5.82 Å². The van der Waals surface area contributed by atoms with Crippen LogP contribution in [0.1, 0.15) is 12.8 Å². The van der Waals surface area contributed by atoms with Crippen LogP contribution in [0, 0.1) is 0 Å². The number of imidazole rings is 1. The second kappa shape index (κ2) is 6.78. The monoisotopic (exact) mass is 404 g/mol. The minimum Gasteiger partial charge on any atom is -0.491 e. The number of hydrogen-bond donors (Lipinski definition) is 0. The van der Waals surface area contributed by atoms with Gasteiger partial charge in [-0.1, -0.05) is 0 Å². The molecule has 0 aliphatic carbocycles. The quantitative estimate of drug-likeness (QED) is 0.670. The number of anilines is 1. The van der Waals surface area contributed by atoms with E-state index in [2.05, 4.69) is 20.0 Å². The van der Waals surface area contributed by atoms with Gasteiger partial charge in [-0.15, -0.1) is 0 Å². The van der Waals surface area contributed by atoms with E-state index in [1.54, 1.807) is 6.20 Å².